The van der Waals surface area contributed by atoms with Gasteiger partial charge in [-0.25, -0.2) is 8.42 Å². The Balaban J connectivity index is 2.49. The lowest BCUT2D eigenvalue weighted by Gasteiger charge is -2.16. The Morgan fingerprint density at radius 3 is 2.40 bits per heavy atom. The maximum atomic E-state index is 12.4. The van der Waals surface area contributed by atoms with Crippen LogP contribution in [0.2, 0.25) is 10.0 Å². The van der Waals surface area contributed by atoms with Crippen LogP contribution < -0.4 is 10.0 Å². The molecule has 1 atom stereocenters. The van der Waals surface area contributed by atoms with Crippen molar-refractivity contribution in [3.63, 3.8) is 0 Å². The molecule has 142 valence electrons. The summed E-state index contributed by atoms with van der Waals surface area (Å²) in [5, 5.41) is 2.66. The van der Waals surface area contributed by atoms with Crippen molar-refractivity contribution in [2.75, 3.05) is 19.8 Å². The van der Waals surface area contributed by atoms with Crippen molar-refractivity contribution in [2.45, 2.75) is 44.0 Å². The third-order valence-electron chi connectivity index (χ3n) is 3.32. The molecule has 0 fully saturated rings. The normalized spacial score (nSPS) is 12.8. The van der Waals surface area contributed by atoms with Crippen LogP contribution in [0.3, 0.4) is 0 Å². The number of sulfonamides is 1. The van der Waals surface area contributed by atoms with Gasteiger partial charge in [-0.3, -0.25) is 4.79 Å². The number of carbonyl (C=O) groups excluding carboxylic acids is 1. The molecular formula is C16H24Cl2N2O4S. The van der Waals surface area contributed by atoms with Crippen LogP contribution in [0.4, 0.5) is 0 Å². The van der Waals surface area contributed by atoms with Gasteiger partial charge in [-0.2, -0.15) is 4.72 Å². The molecule has 6 nitrogen and oxygen atoms in total. The molecule has 0 aliphatic heterocycles. The predicted molar refractivity (Wildman–Crippen MR) is 99.6 cm³/mol. The van der Waals surface area contributed by atoms with Crippen molar-refractivity contribution >= 4 is 39.1 Å². The highest BCUT2D eigenvalue weighted by Gasteiger charge is 2.26. The number of halogens is 2. The fourth-order valence-electron chi connectivity index (χ4n) is 1.97. The molecule has 0 saturated carbocycles. The lowest BCUT2D eigenvalue weighted by molar-refractivity contribution is -0.122. The van der Waals surface area contributed by atoms with E-state index in [-0.39, 0.29) is 14.9 Å². The zero-order valence-electron chi connectivity index (χ0n) is 14.3. The number of benzene rings is 1. The molecule has 1 aromatic carbocycles. The minimum absolute atomic E-state index is 0.00293. The first kappa shape index (κ1) is 22.2. The van der Waals surface area contributed by atoms with Crippen molar-refractivity contribution < 1.29 is 17.9 Å². The SMILES string of the molecule is CCCCOCCCNC(=O)[C@@H](C)NS(=O)(=O)c1c(Cl)cccc1Cl. The molecule has 0 unspecified atom stereocenters. The van der Waals surface area contributed by atoms with E-state index in [1.165, 1.54) is 19.1 Å². The number of ether oxygens (including phenoxy) is 1. The number of nitrogens with one attached hydrogen (secondary N) is 2. The van der Waals surface area contributed by atoms with E-state index >= 15 is 0 Å². The maximum absolute atomic E-state index is 12.4. The summed E-state index contributed by atoms with van der Waals surface area (Å²) in [5.41, 5.74) is 0. The highest BCUT2D eigenvalue weighted by atomic mass is 35.5. The second-order valence-corrected chi connectivity index (χ2v) is 7.97. The van der Waals surface area contributed by atoms with Crippen LogP contribution in [0, 0.1) is 0 Å². The van der Waals surface area contributed by atoms with E-state index in [2.05, 4.69) is 17.0 Å². The fourth-order valence-corrected chi connectivity index (χ4v) is 4.32. The van der Waals surface area contributed by atoms with E-state index in [0.29, 0.717) is 26.2 Å². The number of hydrogen-bond acceptors (Lipinski definition) is 4. The van der Waals surface area contributed by atoms with Gasteiger partial charge in [0.1, 0.15) is 4.90 Å². The molecule has 0 spiro atoms. The van der Waals surface area contributed by atoms with Crippen LogP contribution >= 0.6 is 23.2 Å². The second-order valence-electron chi connectivity index (χ2n) is 5.50. The van der Waals surface area contributed by atoms with Gasteiger partial charge < -0.3 is 10.1 Å². The number of rotatable bonds is 11. The van der Waals surface area contributed by atoms with Crippen molar-refractivity contribution in [1.82, 2.24) is 10.0 Å². The molecule has 0 radical (unpaired) electrons. The largest absolute Gasteiger partial charge is 0.381 e. The van der Waals surface area contributed by atoms with Gasteiger partial charge in [0, 0.05) is 19.8 Å². The summed E-state index contributed by atoms with van der Waals surface area (Å²) in [7, 11) is -4.01. The number of amides is 1. The summed E-state index contributed by atoms with van der Waals surface area (Å²) in [6, 6.07) is 3.43. The van der Waals surface area contributed by atoms with E-state index in [0.717, 1.165) is 12.8 Å². The van der Waals surface area contributed by atoms with Gasteiger partial charge in [-0.15, -0.1) is 0 Å². The van der Waals surface area contributed by atoms with E-state index in [1.54, 1.807) is 6.07 Å². The minimum Gasteiger partial charge on any atom is -0.381 e. The van der Waals surface area contributed by atoms with Gasteiger partial charge in [-0.1, -0.05) is 42.6 Å². The molecule has 1 amide bonds. The lowest BCUT2D eigenvalue weighted by Crippen LogP contribution is -2.45. The Kier molecular flexibility index (Phi) is 9.74. The smallest absolute Gasteiger partial charge is 0.244 e. The number of hydrogen-bond donors (Lipinski definition) is 2. The summed E-state index contributed by atoms with van der Waals surface area (Å²) in [6.45, 7) is 5.20. The summed E-state index contributed by atoms with van der Waals surface area (Å²) < 4.78 is 32.4. The lowest BCUT2D eigenvalue weighted by atomic mass is 10.3. The second kappa shape index (κ2) is 11.0. The first-order valence-electron chi connectivity index (χ1n) is 8.11. The van der Waals surface area contributed by atoms with Gasteiger partial charge in [0.2, 0.25) is 15.9 Å². The summed E-state index contributed by atoms with van der Waals surface area (Å²) >= 11 is 11.8. The Bertz CT molecular complexity index is 648. The van der Waals surface area contributed by atoms with Gasteiger partial charge >= 0.3 is 0 Å². The Hall–Kier alpha value is -0.860. The molecule has 1 rings (SSSR count). The van der Waals surface area contributed by atoms with Crippen LogP contribution in [-0.4, -0.2) is 40.1 Å². The van der Waals surface area contributed by atoms with Crippen LogP contribution in [0.25, 0.3) is 0 Å². The van der Waals surface area contributed by atoms with Gasteiger partial charge in [-0.05, 0) is 31.9 Å². The average molecular weight is 411 g/mol. The topological polar surface area (TPSA) is 84.5 Å². The zero-order valence-corrected chi connectivity index (χ0v) is 16.7. The molecule has 0 heterocycles. The monoisotopic (exact) mass is 410 g/mol. The van der Waals surface area contributed by atoms with E-state index in [1.807, 2.05) is 0 Å². The van der Waals surface area contributed by atoms with E-state index < -0.39 is 22.0 Å². The molecule has 9 heteroatoms. The Morgan fingerprint density at radius 1 is 1.20 bits per heavy atom. The standard InChI is InChI=1S/C16H24Cl2N2O4S/c1-3-4-10-24-11-6-9-19-16(21)12(2)20-25(22,23)15-13(17)7-5-8-14(15)18/h5,7-8,12,20H,3-4,6,9-11H2,1-2H3,(H,19,21)/t12-/m1/s1. The zero-order chi connectivity index (χ0) is 18.9. The molecule has 0 saturated heterocycles. The third kappa shape index (κ3) is 7.50. The van der Waals surface area contributed by atoms with Gasteiger partial charge in [0.05, 0.1) is 16.1 Å². The molecular weight excluding hydrogens is 387 g/mol. The molecule has 2 N–H and O–H groups in total. The highest BCUT2D eigenvalue weighted by Crippen LogP contribution is 2.28. The molecule has 0 aliphatic rings. The van der Waals surface area contributed by atoms with Crippen molar-refractivity contribution in [3.05, 3.63) is 28.2 Å². The summed E-state index contributed by atoms with van der Waals surface area (Å²) in [4.78, 5) is 11.8. The third-order valence-corrected chi connectivity index (χ3v) is 5.81. The quantitative estimate of drug-likeness (QED) is 0.549. The maximum Gasteiger partial charge on any atom is 0.244 e. The predicted octanol–water partition coefficient (Wildman–Crippen LogP) is 2.98. The minimum atomic E-state index is -4.01. The summed E-state index contributed by atoms with van der Waals surface area (Å²) in [6.07, 6.45) is 2.74. The van der Waals surface area contributed by atoms with Crippen molar-refractivity contribution in [1.29, 1.82) is 0 Å². The Morgan fingerprint density at radius 2 is 1.80 bits per heavy atom. The molecule has 25 heavy (non-hydrogen) atoms. The van der Waals surface area contributed by atoms with E-state index in [9.17, 15) is 13.2 Å². The van der Waals surface area contributed by atoms with Gasteiger partial charge in [0.25, 0.3) is 0 Å². The van der Waals surface area contributed by atoms with Crippen LogP contribution in [0.5, 0.6) is 0 Å². The first-order chi connectivity index (χ1) is 11.8. The summed E-state index contributed by atoms with van der Waals surface area (Å²) in [5.74, 6) is -0.430. The number of unbranched alkanes of at least 4 members (excludes halogenated alkanes) is 1. The highest BCUT2D eigenvalue weighted by molar-refractivity contribution is 7.89. The van der Waals surface area contributed by atoms with Crippen LogP contribution in [0.15, 0.2) is 23.1 Å². The molecule has 0 aromatic heterocycles. The Labute approximate surface area is 159 Å². The van der Waals surface area contributed by atoms with Gasteiger partial charge in [0.15, 0.2) is 0 Å². The molecule has 0 aliphatic carbocycles. The average Bonchev–Trinajstić information content (AvgIpc) is 2.52. The molecule has 1 aromatic rings. The van der Waals surface area contributed by atoms with E-state index in [4.69, 9.17) is 27.9 Å². The van der Waals surface area contributed by atoms with Crippen molar-refractivity contribution in [2.24, 2.45) is 0 Å². The van der Waals surface area contributed by atoms with Crippen LogP contribution in [0.1, 0.15) is 33.1 Å². The number of carbonyl (C=O) groups is 1. The van der Waals surface area contributed by atoms with Crippen molar-refractivity contribution in [3.8, 4) is 0 Å². The van der Waals surface area contributed by atoms with Crippen LogP contribution in [-0.2, 0) is 19.6 Å². The first-order valence-corrected chi connectivity index (χ1v) is 10.3. The molecule has 0 bridgehead atoms. The fraction of sp³-hybridized carbons (Fsp3) is 0.562.